The number of aromatic nitrogens is 6. The van der Waals surface area contributed by atoms with Gasteiger partial charge in [-0.25, -0.2) is 4.98 Å². The SMILES string of the molecule is Fc1ccc(-c2nccc3[nH]c(-c4[nH]nc5ncc(-c6cncc(CN7CCCCC7)c6)cc45)cc23)s1. The van der Waals surface area contributed by atoms with E-state index in [1.54, 1.807) is 12.3 Å². The lowest BCUT2D eigenvalue weighted by atomic mass is 10.0. The zero-order chi connectivity index (χ0) is 24.8. The molecule has 0 saturated carbocycles. The number of halogens is 1. The third kappa shape index (κ3) is 4.20. The van der Waals surface area contributed by atoms with Crippen molar-refractivity contribution >= 4 is 33.3 Å². The maximum Gasteiger partial charge on any atom is 0.181 e. The highest BCUT2D eigenvalue weighted by Gasteiger charge is 2.17. The van der Waals surface area contributed by atoms with Gasteiger partial charge in [0.1, 0.15) is 0 Å². The van der Waals surface area contributed by atoms with E-state index in [4.69, 9.17) is 0 Å². The second-order valence-electron chi connectivity index (χ2n) is 9.52. The van der Waals surface area contributed by atoms with Crippen LogP contribution in [0.1, 0.15) is 24.8 Å². The van der Waals surface area contributed by atoms with Crippen LogP contribution in [0.15, 0.2) is 61.2 Å². The normalized spacial score (nSPS) is 14.6. The molecule has 1 aliphatic heterocycles. The zero-order valence-corrected chi connectivity index (χ0v) is 20.9. The highest BCUT2D eigenvalue weighted by Crippen LogP contribution is 2.35. The van der Waals surface area contributed by atoms with Gasteiger partial charge in [0.25, 0.3) is 0 Å². The van der Waals surface area contributed by atoms with Gasteiger partial charge < -0.3 is 4.98 Å². The van der Waals surface area contributed by atoms with E-state index in [0.29, 0.717) is 5.65 Å². The van der Waals surface area contributed by atoms with Crippen molar-refractivity contribution in [1.82, 2.24) is 35.0 Å². The van der Waals surface area contributed by atoms with Crippen LogP contribution in [0, 0.1) is 5.13 Å². The number of hydrogen-bond acceptors (Lipinski definition) is 6. The van der Waals surface area contributed by atoms with Crippen molar-refractivity contribution in [3.8, 4) is 33.1 Å². The molecule has 0 bridgehead atoms. The number of thiophene rings is 1. The van der Waals surface area contributed by atoms with Crippen molar-refractivity contribution < 1.29 is 4.39 Å². The molecule has 0 radical (unpaired) electrons. The van der Waals surface area contributed by atoms with Crippen LogP contribution < -0.4 is 0 Å². The average Bonchev–Trinajstić information content (AvgIpc) is 3.66. The molecular weight excluding hydrogens is 485 g/mol. The maximum atomic E-state index is 13.7. The van der Waals surface area contributed by atoms with Crippen molar-refractivity contribution in [2.45, 2.75) is 25.8 Å². The highest BCUT2D eigenvalue weighted by atomic mass is 32.1. The largest absolute Gasteiger partial charge is 0.353 e. The first kappa shape index (κ1) is 22.3. The van der Waals surface area contributed by atoms with Gasteiger partial charge in [0.15, 0.2) is 10.8 Å². The fraction of sp³-hybridized carbons (Fsp3) is 0.214. The van der Waals surface area contributed by atoms with E-state index in [0.717, 1.165) is 80.3 Å². The number of piperidine rings is 1. The quantitative estimate of drug-likeness (QED) is 0.280. The van der Waals surface area contributed by atoms with Crippen LogP contribution in [0.25, 0.3) is 55.0 Å². The summed E-state index contributed by atoms with van der Waals surface area (Å²) in [4.78, 5) is 20.5. The average molecular weight is 510 g/mol. The minimum absolute atomic E-state index is 0.225. The van der Waals surface area contributed by atoms with Gasteiger partial charge in [-0.2, -0.15) is 9.49 Å². The van der Waals surface area contributed by atoms with Crippen molar-refractivity contribution in [2.24, 2.45) is 0 Å². The van der Waals surface area contributed by atoms with Crippen LogP contribution in [-0.4, -0.2) is 48.1 Å². The lowest BCUT2D eigenvalue weighted by molar-refractivity contribution is 0.220. The van der Waals surface area contributed by atoms with Crippen LogP contribution in [0.2, 0.25) is 0 Å². The van der Waals surface area contributed by atoms with Crippen LogP contribution in [0.3, 0.4) is 0 Å². The molecule has 6 aromatic heterocycles. The third-order valence-corrected chi connectivity index (χ3v) is 7.90. The van der Waals surface area contributed by atoms with Gasteiger partial charge >= 0.3 is 0 Å². The Morgan fingerprint density at radius 2 is 1.81 bits per heavy atom. The first-order valence-corrected chi connectivity index (χ1v) is 13.3. The Bertz CT molecular complexity index is 1730. The molecule has 0 spiro atoms. The van der Waals surface area contributed by atoms with Gasteiger partial charge in [-0.1, -0.05) is 6.42 Å². The van der Waals surface area contributed by atoms with Crippen molar-refractivity contribution in [3.63, 3.8) is 0 Å². The smallest absolute Gasteiger partial charge is 0.181 e. The molecule has 7 rings (SSSR count). The second-order valence-corrected chi connectivity index (χ2v) is 10.6. The summed E-state index contributed by atoms with van der Waals surface area (Å²) >= 11 is 1.09. The summed E-state index contributed by atoms with van der Waals surface area (Å²) in [5, 5.41) is 9.22. The molecule has 37 heavy (non-hydrogen) atoms. The van der Waals surface area contributed by atoms with Crippen LogP contribution in [0.4, 0.5) is 4.39 Å². The van der Waals surface area contributed by atoms with E-state index in [1.165, 1.54) is 30.9 Å². The molecule has 0 atom stereocenters. The van der Waals surface area contributed by atoms with E-state index in [1.807, 2.05) is 30.7 Å². The Morgan fingerprint density at radius 1 is 0.919 bits per heavy atom. The van der Waals surface area contributed by atoms with Gasteiger partial charge in [-0.3, -0.25) is 20.0 Å². The Hall–Kier alpha value is -3.95. The molecule has 0 aromatic carbocycles. The molecule has 2 N–H and O–H groups in total. The first-order valence-electron chi connectivity index (χ1n) is 12.5. The Morgan fingerprint density at radius 3 is 2.68 bits per heavy atom. The standard InChI is InChI=1S/C28H24FN7S/c29-25-5-4-24(37-25)27-20-12-23(33-22(20)6-7-31-27)26-21-11-19(15-32-28(21)35-34-26)18-10-17(13-30-14-18)16-36-8-2-1-3-9-36/h4-7,10-15,33H,1-3,8-9,16H2,(H,32,34,35). The molecule has 7 heterocycles. The van der Waals surface area contributed by atoms with E-state index in [2.05, 4.69) is 47.2 Å². The molecule has 184 valence electrons. The number of H-pyrrole nitrogens is 2. The Labute approximate surface area is 216 Å². The summed E-state index contributed by atoms with van der Waals surface area (Å²) < 4.78 is 13.7. The molecule has 7 nitrogen and oxygen atoms in total. The monoisotopic (exact) mass is 509 g/mol. The maximum absolute atomic E-state index is 13.7. The highest BCUT2D eigenvalue weighted by molar-refractivity contribution is 7.13. The predicted octanol–water partition coefficient (Wildman–Crippen LogP) is 6.42. The van der Waals surface area contributed by atoms with E-state index < -0.39 is 0 Å². The number of likely N-dealkylation sites (tertiary alicyclic amines) is 1. The first-order chi connectivity index (χ1) is 18.2. The molecule has 9 heteroatoms. The zero-order valence-electron chi connectivity index (χ0n) is 20.0. The Balaban J connectivity index is 1.26. The summed E-state index contributed by atoms with van der Waals surface area (Å²) in [6, 6.07) is 11.5. The second kappa shape index (κ2) is 9.17. The fourth-order valence-corrected chi connectivity index (χ4v) is 5.94. The number of aromatic amines is 2. The topological polar surface area (TPSA) is 86.4 Å². The Kier molecular flexibility index (Phi) is 5.52. The minimum Gasteiger partial charge on any atom is -0.353 e. The summed E-state index contributed by atoms with van der Waals surface area (Å²) in [6.07, 6.45) is 11.3. The molecule has 6 aromatic rings. The summed E-state index contributed by atoms with van der Waals surface area (Å²) in [6.45, 7) is 3.23. The lowest BCUT2D eigenvalue weighted by Crippen LogP contribution is -2.29. The number of pyridine rings is 3. The summed E-state index contributed by atoms with van der Waals surface area (Å²) in [5.74, 6) is 0. The predicted molar refractivity (Wildman–Crippen MR) is 145 cm³/mol. The summed E-state index contributed by atoms with van der Waals surface area (Å²) in [7, 11) is 0. The molecule has 1 fully saturated rings. The van der Waals surface area contributed by atoms with Crippen LogP contribution >= 0.6 is 11.3 Å². The molecular formula is C28H24FN7S. The minimum atomic E-state index is -0.225. The third-order valence-electron chi connectivity index (χ3n) is 7.02. The van der Waals surface area contributed by atoms with E-state index >= 15 is 0 Å². The van der Waals surface area contributed by atoms with E-state index in [9.17, 15) is 4.39 Å². The van der Waals surface area contributed by atoms with E-state index in [-0.39, 0.29) is 5.13 Å². The molecule has 1 aliphatic rings. The van der Waals surface area contributed by atoms with Crippen molar-refractivity contribution in [2.75, 3.05) is 13.1 Å². The molecule has 0 aliphatic carbocycles. The van der Waals surface area contributed by atoms with Gasteiger partial charge in [-0.05, 0) is 67.9 Å². The number of hydrogen-bond donors (Lipinski definition) is 2. The lowest BCUT2D eigenvalue weighted by Gasteiger charge is -2.26. The molecule has 0 unspecified atom stereocenters. The number of nitrogens with zero attached hydrogens (tertiary/aromatic N) is 5. The van der Waals surface area contributed by atoms with Crippen molar-refractivity contribution in [3.05, 3.63) is 71.9 Å². The van der Waals surface area contributed by atoms with Gasteiger partial charge in [-0.15, -0.1) is 11.3 Å². The van der Waals surface area contributed by atoms with Crippen LogP contribution in [-0.2, 0) is 6.54 Å². The molecule has 0 amide bonds. The van der Waals surface area contributed by atoms with Gasteiger partial charge in [0.05, 0.1) is 22.0 Å². The van der Waals surface area contributed by atoms with Gasteiger partial charge in [0.2, 0.25) is 0 Å². The summed E-state index contributed by atoms with van der Waals surface area (Å²) in [5.41, 5.74) is 7.31. The molecule has 1 saturated heterocycles. The number of rotatable bonds is 5. The van der Waals surface area contributed by atoms with Crippen LogP contribution in [0.5, 0.6) is 0 Å². The van der Waals surface area contributed by atoms with Gasteiger partial charge in [0, 0.05) is 58.7 Å². The number of nitrogens with one attached hydrogen (secondary N) is 2. The number of fused-ring (bicyclic) bond motifs is 2. The fourth-order valence-electron chi connectivity index (χ4n) is 5.20. The van der Waals surface area contributed by atoms with Crippen molar-refractivity contribution in [1.29, 1.82) is 0 Å².